The molecule has 3 unspecified atom stereocenters. The van der Waals surface area contributed by atoms with Gasteiger partial charge in [-0.25, -0.2) is 13.4 Å². The normalized spacial score (nSPS) is 24.1. The van der Waals surface area contributed by atoms with Crippen LogP contribution in [0.15, 0.2) is 66.1 Å². The van der Waals surface area contributed by atoms with E-state index in [1.165, 1.54) is 8.99 Å². The van der Waals surface area contributed by atoms with Crippen LogP contribution >= 0.6 is 11.6 Å². The number of hydrogen-bond donors (Lipinski definition) is 1. The van der Waals surface area contributed by atoms with Crippen LogP contribution in [0.25, 0.3) is 5.69 Å². The van der Waals surface area contributed by atoms with Crippen molar-refractivity contribution < 1.29 is 13.2 Å². The van der Waals surface area contributed by atoms with Gasteiger partial charge in [0, 0.05) is 55.1 Å². The summed E-state index contributed by atoms with van der Waals surface area (Å²) in [7, 11) is -3.56. The van der Waals surface area contributed by atoms with Crippen LogP contribution in [0.5, 0.6) is 5.75 Å². The van der Waals surface area contributed by atoms with Crippen LogP contribution in [0.3, 0.4) is 0 Å². The van der Waals surface area contributed by atoms with Gasteiger partial charge >= 0.3 is 5.56 Å². The molecule has 2 aromatic heterocycles. The molecule has 0 amide bonds. The molecule has 2 N–H and O–H groups in total. The number of sulfonamides is 1. The van der Waals surface area contributed by atoms with Gasteiger partial charge in [0.05, 0.1) is 36.6 Å². The fraction of sp³-hybridized carbons (Fsp3) is 0.483. The van der Waals surface area contributed by atoms with Gasteiger partial charge in [-0.1, -0.05) is 36.7 Å². The van der Waals surface area contributed by atoms with Crippen LogP contribution < -0.4 is 20.9 Å². The number of allylic oxidation sites excluding steroid dienone is 1. The number of imidazole rings is 1. The molecule has 2 aliphatic carbocycles. The third kappa shape index (κ3) is 6.12. The Hall–Kier alpha value is -3.19. The molecule has 1 saturated carbocycles. The van der Waals surface area contributed by atoms with Gasteiger partial charge in [0.25, 0.3) is 0 Å². The Labute approximate surface area is 250 Å². The summed E-state index contributed by atoms with van der Waals surface area (Å²) in [5.74, 6) is -0.00846. The van der Waals surface area contributed by atoms with E-state index in [1.807, 2.05) is 27.8 Å². The van der Waals surface area contributed by atoms with E-state index in [4.69, 9.17) is 22.1 Å². The number of piperazine rings is 1. The van der Waals surface area contributed by atoms with E-state index in [0.717, 1.165) is 12.8 Å². The zero-order valence-electron chi connectivity index (χ0n) is 23.5. The first-order valence-corrected chi connectivity index (χ1v) is 16.3. The molecule has 1 aromatic carbocycles. The number of halogens is 1. The van der Waals surface area contributed by atoms with E-state index >= 15 is 0 Å². The maximum atomic E-state index is 13.6. The second-order valence-electron chi connectivity index (χ2n) is 11.9. The maximum Gasteiger partial charge on any atom is 0.316 e. The summed E-state index contributed by atoms with van der Waals surface area (Å²) >= 11 is 6.17. The fourth-order valence-corrected chi connectivity index (χ4v) is 7.61. The molecule has 6 rings (SSSR count). The van der Waals surface area contributed by atoms with Crippen molar-refractivity contribution in [1.29, 1.82) is 0 Å². The Morgan fingerprint density at radius 3 is 2.64 bits per heavy atom. The first kappa shape index (κ1) is 28.9. The molecule has 224 valence electrons. The average Bonchev–Trinajstić information content (AvgIpc) is 3.46. The first-order chi connectivity index (χ1) is 20.1. The van der Waals surface area contributed by atoms with Crippen LogP contribution in [0.4, 0.5) is 5.69 Å². The number of anilines is 1. The van der Waals surface area contributed by atoms with Crippen molar-refractivity contribution in [2.45, 2.75) is 38.3 Å². The van der Waals surface area contributed by atoms with Gasteiger partial charge < -0.3 is 19.9 Å². The van der Waals surface area contributed by atoms with E-state index in [-0.39, 0.29) is 40.5 Å². The molecule has 0 radical (unpaired) electrons. The van der Waals surface area contributed by atoms with Crippen molar-refractivity contribution in [3.8, 4) is 11.4 Å². The molecule has 0 spiro atoms. The molecule has 3 atom stereocenters. The molecule has 11 nitrogen and oxygen atoms in total. The summed E-state index contributed by atoms with van der Waals surface area (Å²) in [5.41, 5.74) is 7.13. The van der Waals surface area contributed by atoms with Gasteiger partial charge in [0.15, 0.2) is 0 Å². The minimum absolute atomic E-state index is 0.0200. The van der Waals surface area contributed by atoms with Crippen LogP contribution in [-0.4, -0.2) is 76.6 Å². The average molecular weight is 614 g/mol. The van der Waals surface area contributed by atoms with E-state index < -0.39 is 10.0 Å². The first-order valence-electron chi connectivity index (χ1n) is 14.3. The molecule has 3 heterocycles. The highest BCUT2D eigenvalue weighted by molar-refractivity contribution is 7.89. The number of nitrogens with two attached hydrogens (primary N) is 1. The topological polar surface area (TPSA) is 129 Å². The summed E-state index contributed by atoms with van der Waals surface area (Å²) in [4.78, 5) is 19.7. The monoisotopic (exact) mass is 613 g/mol. The van der Waals surface area contributed by atoms with E-state index in [9.17, 15) is 13.2 Å². The lowest BCUT2D eigenvalue weighted by Gasteiger charge is -2.37. The number of benzene rings is 1. The number of aromatic nitrogens is 4. The summed E-state index contributed by atoms with van der Waals surface area (Å²) in [6.07, 6.45) is 13.6. The second kappa shape index (κ2) is 11.5. The molecule has 13 heteroatoms. The van der Waals surface area contributed by atoms with Gasteiger partial charge in [-0.15, -0.1) is 0 Å². The highest BCUT2D eigenvalue weighted by Gasteiger charge is 2.39. The van der Waals surface area contributed by atoms with Gasteiger partial charge in [-0.05, 0) is 43.4 Å². The van der Waals surface area contributed by atoms with Crippen molar-refractivity contribution in [3.63, 3.8) is 0 Å². The molecule has 3 aromatic rings. The second-order valence-corrected chi connectivity index (χ2v) is 14.3. The zero-order chi connectivity index (χ0) is 29.5. The smallest absolute Gasteiger partial charge is 0.316 e. The van der Waals surface area contributed by atoms with Gasteiger partial charge in [-0.3, -0.25) is 4.79 Å². The predicted octanol–water partition coefficient (Wildman–Crippen LogP) is 2.86. The highest BCUT2D eigenvalue weighted by atomic mass is 35.5. The molecule has 0 bridgehead atoms. The quantitative estimate of drug-likeness (QED) is 0.365. The summed E-state index contributed by atoms with van der Waals surface area (Å²) < 4.78 is 38.0. The van der Waals surface area contributed by atoms with Crippen molar-refractivity contribution in [1.82, 2.24) is 23.6 Å². The minimum atomic E-state index is -3.56. The van der Waals surface area contributed by atoms with Crippen LogP contribution in [0.1, 0.15) is 32.2 Å². The van der Waals surface area contributed by atoms with Crippen molar-refractivity contribution in [2.75, 3.05) is 43.4 Å². The van der Waals surface area contributed by atoms with Crippen LogP contribution in [-0.2, 0) is 10.0 Å². The van der Waals surface area contributed by atoms with Crippen molar-refractivity contribution in [2.24, 2.45) is 17.1 Å². The SMILES string of the molecule is CC1(COc2c(N3CCN(S(=O)(=O)CC4CC(n5ccnc5)C=CC4N)CC3)cnn(-c3cccc(Cl)c3)c2=O)CC1. The molecule has 1 aliphatic heterocycles. The van der Waals surface area contributed by atoms with Crippen LogP contribution in [0, 0.1) is 11.3 Å². The van der Waals surface area contributed by atoms with Gasteiger partial charge in [0.1, 0.15) is 5.69 Å². The van der Waals surface area contributed by atoms with Gasteiger partial charge in [0.2, 0.25) is 15.8 Å². The third-order valence-electron chi connectivity index (χ3n) is 8.59. The summed E-state index contributed by atoms with van der Waals surface area (Å²) in [6, 6.07) is 6.64. The number of rotatable bonds is 9. The van der Waals surface area contributed by atoms with E-state index in [0.29, 0.717) is 55.6 Å². The van der Waals surface area contributed by atoms with Crippen molar-refractivity contribution >= 4 is 27.3 Å². The lowest BCUT2D eigenvalue weighted by atomic mass is 9.88. The molecule has 3 aliphatic rings. The highest BCUT2D eigenvalue weighted by Crippen LogP contribution is 2.45. The predicted molar refractivity (Wildman–Crippen MR) is 162 cm³/mol. The lowest BCUT2D eigenvalue weighted by Crippen LogP contribution is -2.51. The van der Waals surface area contributed by atoms with Crippen LogP contribution in [0.2, 0.25) is 5.02 Å². The Morgan fingerprint density at radius 1 is 1.17 bits per heavy atom. The van der Waals surface area contributed by atoms with E-state index in [1.54, 1.807) is 43.0 Å². The molecular weight excluding hydrogens is 578 g/mol. The molecule has 42 heavy (non-hydrogen) atoms. The van der Waals surface area contributed by atoms with E-state index in [2.05, 4.69) is 17.0 Å². The third-order valence-corrected chi connectivity index (χ3v) is 10.8. The van der Waals surface area contributed by atoms with Gasteiger partial charge in [-0.2, -0.15) is 14.1 Å². The Morgan fingerprint density at radius 2 is 1.95 bits per heavy atom. The number of nitrogens with zero attached hydrogens (tertiary/aromatic N) is 6. The minimum Gasteiger partial charge on any atom is -0.486 e. The zero-order valence-corrected chi connectivity index (χ0v) is 25.1. The molecule has 2 fully saturated rings. The molecule has 1 saturated heterocycles. The maximum absolute atomic E-state index is 13.6. The Bertz CT molecular complexity index is 1610. The largest absolute Gasteiger partial charge is 0.486 e. The number of hydrogen-bond acceptors (Lipinski definition) is 8. The summed E-state index contributed by atoms with van der Waals surface area (Å²) in [6.45, 7) is 3.96. The Balaban J connectivity index is 1.17. The summed E-state index contributed by atoms with van der Waals surface area (Å²) in [5, 5.41) is 4.93. The number of ether oxygens (including phenoxy) is 1. The standard InChI is InChI=1S/C29H36ClN7O4S/c1-29(7-8-29)19-41-27-26(17-33-37(28(27)38)24-4-2-3-22(30)16-24)34-11-13-36(14-12-34)42(39,40)18-21-15-23(5-6-25(21)31)35-10-9-32-20-35/h2-6,9-10,16-17,20-21,23,25H,7-8,11-15,18-19,31H2,1H3. The lowest BCUT2D eigenvalue weighted by molar-refractivity contribution is 0.242. The molecular formula is C29H36ClN7O4S. The fourth-order valence-electron chi connectivity index (χ4n) is 5.59. The Kier molecular flexibility index (Phi) is 7.90. The van der Waals surface area contributed by atoms with Crippen molar-refractivity contribution in [3.05, 3.63) is 76.7 Å².